The van der Waals surface area contributed by atoms with Gasteiger partial charge in [0.25, 0.3) is 0 Å². The molecule has 2 bridgehead atoms. The van der Waals surface area contributed by atoms with Crippen molar-refractivity contribution < 1.29 is 0 Å². The maximum atomic E-state index is 2.51. The van der Waals surface area contributed by atoms with E-state index in [1.165, 1.54) is 38.5 Å². The van der Waals surface area contributed by atoms with E-state index in [1.54, 1.807) is 5.57 Å². The van der Waals surface area contributed by atoms with Crippen LogP contribution in [0, 0.1) is 11.8 Å². The molecule has 0 saturated heterocycles. The van der Waals surface area contributed by atoms with Crippen LogP contribution in [0.1, 0.15) is 45.4 Å². The highest BCUT2D eigenvalue weighted by Crippen LogP contribution is 2.37. The lowest BCUT2D eigenvalue weighted by Crippen LogP contribution is -2.17. The minimum atomic E-state index is 0.911. The molecule has 0 aromatic rings. The van der Waals surface area contributed by atoms with E-state index in [0.717, 1.165) is 11.8 Å². The SMILES string of the molecule is CC1CC2CCCC=C1CC2. The standard InChI is InChI=1S/C11H18/c1-9-8-10-4-2-3-5-11(9)7-6-10/h5,9-10H,2-4,6-8H2,1H3. The molecule has 0 N–H and O–H groups in total. The van der Waals surface area contributed by atoms with E-state index in [1.807, 2.05) is 0 Å². The van der Waals surface area contributed by atoms with Crippen molar-refractivity contribution in [2.75, 3.05) is 0 Å². The molecule has 3 aliphatic rings. The second-order valence-corrected chi connectivity index (χ2v) is 4.25. The summed E-state index contributed by atoms with van der Waals surface area (Å²) in [6.45, 7) is 2.41. The fraction of sp³-hybridized carbons (Fsp3) is 0.818. The minimum absolute atomic E-state index is 0.911. The second-order valence-electron chi connectivity index (χ2n) is 4.25. The Morgan fingerprint density at radius 3 is 3.09 bits per heavy atom. The Morgan fingerprint density at radius 2 is 2.27 bits per heavy atom. The first-order valence-electron chi connectivity index (χ1n) is 5.05. The molecule has 1 saturated carbocycles. The summed E-state index contributed by atoms with van der Waals surface area (Å²) >= 11 is 0. The highest BCUT2D eigenvalue weighted by molar-refractivity contribution is 5.10. The summed E-state index contributed by atoms with van der Waals surface area (Å²) in [5.41, 5.74) is 1.76. The molecule has 0 spiro atoms. The van der Waals surface area contributed by atoms with Gasteiger partial charge in [-0.3, -0.25) is 0 Å². The Labute approximate surface area is 69.7 Å². The van der Waals surface area contributed by atoms with Crippen molar-refractivity contribution in [3.8, 4) is 0 Å². The Hall–Kier alpha value is -0.260. The molecule has 2 unspecified atom stereocenters. The number of hydrogen-bond acceptors (Lipinski definition) is 0. The van der Waals surface area contributed by atoms with Crippen molar-refractivity contribution in [1.29, 1.82) is 0 Å². The molecule has 0 nitrogen and oxygen atoms in total. The molecule has 0 amide bonds. The van der Waals surface area contributed by atoms with Crippen LogP contribution < -0.4 is 0 Å². The Kier molecular flexibility index (Phi) is 2.02. The van der Waals surface area contributed by atoms with Crippen LogP contribution in [-0.2, 0) is 0 Å². The Balaban J connectivity index is 2.16. The zero-order valence-electron chi connectivity index (χ0n) is 7.47. The van der Waals surface area contributed by atoms with E-state index >= 15 is 0 Å². The van der Waals surface area contributed by atoms with Crippen LogP contribution in [0.4, 0.5) is 0 Å². The van der Waals surface area contributed by atoms with Gasteiger partial charge in [-0.2, -0.15) is 0 Å². The van der Waals surface area contributed by atoms with Crippen LogP contribution in [0.15, 0.2) is 11.6 Å². The van der Waals surface area contributed by atoms with Crippen LogP contribution in [0.3, 0.4) is 0 Å². The van der Waals surface area contributed by atoms with Crippen molar-refractivity contribution in [3.05, 3.63) is 11.6 Å². The van der Waals surface area contributed by atoms with Crippen LogP contribution in [0.25, 0.3) is 0 Å². The van der Waals surface area contributed by atoms with E-state index in [9.17, 15) is 0 Å². The second kappa shape index (κ2) is 3.00. The van der Waals surface area contributed by atoms with Crippen LogP contribution >= 0.6 is 0 Å². The molecule has 11 heavy (non-hydrogen) atoms. The Bertz CT molecular complexity index is 167. The summed E-state index contributed by atoms with van der Waals surface area (Å²) in [5, 5.41) is 0. The number of allylic oxidation sites excluding steroid dienone is 2. The van der Waals surface area contributed by atoms with Crippen molar-refractivity contribution >= 4 is 0 Å². The molecular formula is C11H18. The summed E-state index contributed by atoms with van der Waals surface area (Å²) in [4.78, 5) is 0. The average molecular weight is 150 g/mol. The van der Waals surface area contributed by atoms with Gasteiger partial charge in [0.2, 0.25) is 0 Å². The molecular weight excluding hydrogens is 132 g/mol. The van der Waals surface area contributed by atoms with E-state index in [-0.39, 0.29) is 0 Å². The summed E-state index contributed by atoms with van der Waals surface area (Å²) in [6.07, 6.45) is 11.2. The lowest BCUT2D eigenvalue weighted by atomic mass is 9.74. The number of hydrogen-bond donors (Lipinski definition) is 0. The molecule has 62 valence electrons. The third-order valence-corrected chi connectivity index (χ3v) is 3.38. The highest BCUT2D eigenvalue weighted by atomic mass is 14.3. The molecule has 0 aromatic carbocycles. The zero-order chi connectivity index (χ0) is 7.68. The summed E-state index contributed by atoms with van der Waals surface area (Å²) in [7, 11) is 0. The third-order valence-electron chi connectivity index (χ3n) is 3.38. The molecule has 0 aliphatic heterocycles. The highest BCUT2D eigenvalue weighted by Gasteiger charge is 2.23. The van der Waals surface area contributed by atoms with Crippen molar-refractivity contribution in [3.63, 3.8) is 0 Å². The van der Waals surface area contributed by atoms with Crippen LogP contribution in [0.2, 0.25) is 0 Å². The van der Waals surface area contributed by atoms with Gasteiger partial charge < -0.3 is 0 Å². The first-order chi connectivity index (χ1) is 5.36. The molecule has 3 aliphatic carbocycles. The maximum Gasteiger partial charge on any atom is -0.0229 e. The molecule has 1 fully saturated rings. The minimum Gasteiger partial charge on any atom is -0.0851 e. The lowest BCUT2D eigenvalue weighted by molar-refractivity contribution is 0.311. The van der Waals surface area contributed by atoms with Gasteiger partial charge in [0.05, 0.1) is 0 Å². The average Bonchev–Trinajstić information content (AvgIpc) is 1.92. The number of rotatable bonds is 0. The molecule has 0 radical (unpaired) electrons. The summed E-state index contributed by atoms with van der Waals surface area (Å²) in [5.74, 6) is 1.98. The molecule has 0 heterocycles. The predicted octanol–water partition coefficient (Wildman–Crippen LogP) is 3.53. The molecule has 3 rings (SSSR count). The predicted molar refractivity (Wildman–Crippen MR) is 48.4 cm³/mol. The third kappa shape index (κ3) is 1.50. The van der Waals surface area contributed by atoms with Gasteiger partial charge in [-0.15, -0.1) is 0 Å². The van der Waals surface area contributed by atoms with E-state index < -0.39 is 0 Å². The summed E-state index contributed by atoms with van der Waals surface area (Å²) < 4.78 is 0. The fourth-order valence-electron chi connectivity index (χ4n) is 2.65. The topological polar surface area (TPSA) is 0 Å². The van der Waals surface area contributed by atoms with Crippen molar-refractivity contribution in [2.45, 2.75) is 45.4 Å². The maximum absolute atomic E-state index is 2.51. The van der Waals surface area contributed by atoms with Gasteiger partial charge in [0, 0.05) is 0 Å². The largest absolute Gasteiger partial charge is 0.0851 e. The monoisotopic (exact) mass is 150 g/mol. The molecule has 0 aromatic heterocycles. The molecule has 2 atom stereocenters. The fourth-order valence-corrected chi connectivity index (χ4v) is 2.65. The quantitative estimate of drug-likeness (QED) is 0.463. The first kappa shape index (κ1) is 7.39. The normalized spacial score (nSPS) is 37.7. The van der Waals surface area contributed by atoms with Crippen molar-refractivity contribution in [1.82, 2.24) is 0 Å². The van der Waals surface area contributed by atoms with Gasteiger partial charge in [0.1, 0.15) is 0 Å². The smallest absolute Gasteiger partial charge is 0.0229 e. The van der Waals surface area contributed by atoms with Gasteiger partial charge in [0.15, 0.2) is 0 Å². The van der Waals surface area contributed by atoms with E-state index in [2.05, 4.69) is 13.0 Å². The lowest BCUT2D eigenvalue weighted by Gasteiger charge is -2.31. The zero-order valence-corrected chi connectivity index (χ0v) is 7.47. The van der Waals surface area contributed by atoms with Crippen LogP contribution in [-0.4, -0.2) is 0 Å². The van der Waals surface area contributed by atoms with Gasteiger partial charge in [-0.25, -0.2) is 0 Å². The number of fused-ring (bicyclic) bond motifs is 5. The van der Waals surface area contributed by atoms with E-state index in [0.29, 0.717) is 0 Å². The Morgan fingerprint density at radius 1 is 1.36 bits per heavy atom. The van der Waals surface area contributed by atoms with Gasteiger partial charge in [-0.05, 0) is 43.9 Å². The van der Waals surface area contributed by atoms with Gasteiger partial charge in [-0.1, -0.05) is 25.0 Å². The first-order valence-corrected chi connectivity index (χ1v) is 5.05. The van der Waals surface area contributed by atoms with E-state index in [4.69, 9.17) is 0 Å². The van der Waals surface area contributed by atoms with Gasteiger partial charge >= 0.3 is 0 Å². The van der Waals surface area contributed by atoms with Crippen molar-refractivity contribution in [2.24, 2.45) is 11.8 Å². The summed E-state index contributed by atoms with van der Waals surface area (Å²) in [6, 6.07) is 0. The van der Waals surface area contributed by atoms with Crippen LogP contribution in [0.5, 0.6) is 0 Å². The molecule has 0 heteroatoms.